The van der Waals surface area contributed by atoms with E-state index in [1.165, 1.54) is 6.07 Å². The number of piperazine rings is 1. The van der Waals surface area contributed by atoms with Crippen molar-refractivity contribution in [2.45, 2.75) is 13.8 Å². The van der Waals surface area contributed by atoms with E-state index in [-0.39, 0.29) is 5.82 Å². The Hall–Kier alpha value is -2.70. The van der Waals surface area contributed by atoms with Gasteiger partial charge >= 0.3 is 0 Å². The van der Waals surface area contributed by atoms with Gasteiger partial charge in [0.15, 0.2) is 0 Å². The lowest BCUT2D eigenvalue weighted by molar-refractivity contribution is 0.593. The van der Waals surface area contributed by atoms with Crippen LogP contribution in [0.1, 0.15) is 11.5 Å². The quantitative estimate of drug-likeness (QED) is 0.723. The van der Waals surface area contributed by atoms with Gasteiger partial charge < -0.3 is 9.80 Å². The minimum atomic E-state index is -0.167. The van der Waals surface area contributed by atoms with Crippen molar-refractivity contribution in [3.63, 3.8) is 0 Å². The number of benzene rings is 1. The number of rotatable bonds is 2. The van der Waals surface area contributed by atoms with E-state index in [0.29, 0.717) is 17.3 Å². The van der Waals surface area contributed by atoms with Crippen LogP contribution >= 0.6 is 0 Å². The number of anilines is 2. The molecular weight excluding hydrogens is 307 g/mol. The topological polar surface area (TPSA) is 49.6 Å². The second kappa shape index (κ2) is 5.74. The molecule has 0 spiro atoms. The Labute approximate surface area is 139 Å². The van der Waals surface area contributed by atoms with Gasteiger partial charge in [-0.3, -0.25) is 0 Å². The Bertz CT molecular complexity index is 882. The molecule has 1 aliphatic rings. The fourth-order valence-corrected chi connectivity index (χ4v) is 3.18. The van der Waals surface area contributed by atoms with E-state index in [2.05, 4.69) is 24.9 Å². The Morgan fingerprint density at radius 3 is 2.42 bits per heavy atom. The summed E-state index contributed by atoms with van der Waals surface area (Å²) in [6.45, 7) is 6.94. The van der Waals surface area contributed by atoms with Crippen molar-refractivity contribution in [1.82, 2.24) is 19.6 Å². The zero-order valence-electron chi connectivity index (χ0n) is 13.8. The third-order valence-corrected chi connectivity index (χ3v) is 4.32. The summed E-state index contributed by atoms with van der Waals surface area (Å²) in [5.41, 5.74) is 1.59. The van der Waals surface area contributed by atoms with Gasteiger partial charge in [0.05, 0.1) is 5.69 Å². The molecule has 1 aliphatic heterocycles. The number of hydrogen-bond donors (Lipinski definition) is 0. The molecule has 1 fully saturated rings. The fourth-order valence-electron chi connectivity index (χ4n) is 3.18. The molecule has 0 amide bonds. The smallest absolute Gasteiger partial charge is 0.254 e. The Kier molecular flexibility index (Phi) is 3.55. The number of para-hydroxylation sites is 1. The van der Waals surface area contributed by atoms with Crippen LogP contribution in [0, 0.1) is 19.7 Å². The van der Waals surface area contributed by atoms with E-state index in [4.69, 9.17) is 0 Å². The summed E-state index contributed by atoms with van der Waals surface area (Å²) in [5.74, 6) is 2.16. The predicted molar refractivity (Wildman–Crippen MR) is 91.1 cm³/mol. The molecule has 4 rings (SSSR count). The summed E-state index contributed by atoms with van der Waals surface area (Å²) in [6.07, 6.45) is 0. The number of halogens is 1. The van der Waals surface area contributed by atoms with Crippen LogP contribution in [-0.2, 0) is 0 Å². The van der Waals surface area contributed by atoms with Gasteiger partial charge in [0, 0.05) is 37.9 Å². The number of nitrogens with zero attached hydrogens (tertiary/aromatic N) is 6. The molecule has 0 N–H and O–H groups in total. The van der Waals surface area contributed by atoms with Crippen LogP contribution in [0.25, 0.3) is 5.78 Å². The summed E-state index contributed by atoms with van der Waals surface area (Å²) < 4.78 is 15.8. The summed E-state index contributed by atoms with van der Waals surface area (Å²) in [7, 11) is 0. The standard InChI is InChI=1S/C17H19FN6/c1-12-11-16(24-17(19-12)20-13(2)21-24)23-9-7-22(8-10-23)15-6-4-3-5-14(15)18/h3-6,11H,7-10H2,1-2H3. The van der Waals surface area contributed by atoms with Crippen molar-refractivity contribution < 1.29 is 4.39 Å². The van der Waals surface area contributed by atoms with Gasteiger partial charge in [0.25, 0.3) is 5.78 Å². The average molecular weight is 326 g/mol. The van der Waals surface area contributed by atoms with Crippen molar-refractivity contribution in [1.29, 1.82) is 0 Å². The third kappa shape index (κ3) is 2.55. The van der Waals surface area contributed by atoms with Crippen molar-refractivity contribution in [3.8, 4) is 0 Å². The molecule has 124 valence electrons. The first kappa shape index (κ1) is 14.9. The molecule has 3 heterocycles. The zero-order chi connectivity index (χ0) is 16.7. The Morgan fingerprint density at radius 2 is 1.67 bits per heavy atom. The van der Waals surface area contributed by atoms with E-state index in [1.54, 1.807) is 10.6 Å². The average Bonchev–Trinajstić information content (AvgIpc) is 2.95. The lowest BCUT2D eigenvalue weighted by Gasteiger charge is -2.37. The lowest BCUT2D eigenvalue weighted by Crippen LogP contribution is -2.47. The summed E-state index contributed by atoms with van der Waals surface area (Å²) in [4.78, 5) is 13.1. The first-order chi connectivity index (χ1) is 11.6. The summed E-state index contributed by atoms with van der Waals surface area (Å²) >= 11 is 0. The highest BCUT2D eigenvalue weighted by atomic mass is 19.1. The molecule has 0 bridgehead atoms. The third-order valence-electron chi connectivity index (χ3n) is 4.32. The second-order valence-electron chi connectivity index (χ2n) is 6.05. The number of aromatic nitrogens is 4. The van der Waals surface area contributed by atoms with Gasteiger partial charge in [-0.1, -0.05) is 12.1 Å². The number of fused-ring (bicyclic) bond motifs is 1. The van der Waals surface area contributed by atoms with Gasteiger partial charge in [-0.05, 0) is 26.0 Å². The fraction of sp³-hybridized carbons (Fsp3) is 0.353. The molecule has 0 aliphatic carbocycles. The van der Waals surface area contributed by atoms with Crippen LogP contribution in [0.2, 0.25) is 0 Å². The van der Waals surface area contributed by atoms with Gasteiger partial charge in [-0.15, -0.1) is 5.10 Å². The molecule has 0 unspecified atom stereocenters. The van der Waals surface area contributed by atoms with Crippen LogP contribution in [0.3, 0.4) is 0 Å². The highest BCUT2D eigenvalue weighted by Crippen LogP contribution is 2.23. The van der Waals surface area contributed by atoms with E-state index < -0.39 is 0 Å². The first-order valence-electron chi connectivity index (χ1n) is 8.07. The first-order valence-corrected chi connectivity index (χ1v) is 8.07. The molecule has 3 aromatic rings. The predicted octanol–water partition coefficient (Wildman–Crippen LogP) is 2.21. The molecule has 1 saturated heterocycles. The monoisotopic (exact) mass is 326 g/mol. The van der Waals surface area contributed by atoms with Gasteiger partial charge in [-0.2, -0.15) is 9.50 Å². The van der Waals surface area contributed by atoms with E-state index in [9.17, 15) is 4.39 Å². The van der Waals surface area contributed by atoms with Crippen molar-refractivity contribution in [3.05, 3.63) is 47.7 Å². The van der Waals surface area contributed by atoms with Gasteiger partial charge in [-0.25, -0.2) is 9.37 Å². The lowest BCUT2D eigenvalue weighted by atomic mass is 10.2. The SMILES string of the molecule is Cc1cc(N2CCN(c3ccccc3F)CC2)n2nc(C)nc2n1. The summed E-state index contributed by atoms with van der Waals surface area (Å²) in [5, 5.41) is 4.45. The minimum Gasteiger partial charge on any atom is -0.366 e. The van der Waals surface area contributed by atoms with Crippen molar-refractivity contribution in [2.75, 3.05) is 36.0 Å². The van der Waals surface area contributed by atoms with Crippen LogP contribution < -0.4 is 9.80 Å². The van der Waals surface area contributed by atoms with Gasteiger partial charge in [0.2, 0.25) is 0 Å². The van der Waals surface area contributed by atoms with Crippen LogP contribution in [0.15, 0.2) is 30.3 Å². The molecular formula is C17H19FN6. The zero-order valence-corrected chi connectivity index (χ0v) is 13.8. The molecule has 0 radical (unpaired) electrons. The van der Waals surface area contributed by atoms with Gasteiger partial charge in [0.1, 0.15) is 17.5 Å². The Balaban J connectivity index is 1.59. The maximum atomic E-state index is 14.0. The van der Waals surface area contributed by atoms with E-state index >= 15 is 0 Å². The molecule has 1 aromatic carbocycles. The maximum Gasteiger partial charge on any atom is 0.254 e. The molecule has 24 heavy (non-hydrogen) atoms. The molecule has 0 saturated carbocycles. The van der Waals surface area contributed by atoms with Crippen LogP contribution in [0.5, 0.6) is 0 Å². The normalized spacial score (nSPS) is 15.3. The summed E-state index contributed by atoms with van der Waals surface area (Å²) in [6, 6.07) is 8.97. The Morgan fingerprint density at radius 1 is 0.958 bits per heavy atom. The second-order valence-corrected chi connectivity index (χ2v) is 6.05. The van der Waals surface area contributed by atoms with E-state index in [0.717, 1.165) is 37.7 Å². The van der Waals surface area contributed by atoms with Crippen molar-refractivity contribution >= 4 is 17.3 Å². The number of hydrogen-bond acceptors (Lipinski definition) is 5. The largest absolute Gasteiger partial charge is 0.366 e. The molecule has 2 aromatic heterocycles. The molecule has 6 nitrogen and oxygen atoms in total. The highest BCUT2D eigenvalue weighted by Gasteiger charge is 2.22. The minimum absolute atomic E-state index is 0.167. The molecule has 7 heteroatoms. The maximum absolute atomic E-state index is 14.0. The number of aryl methyl sites for hydroxylation is 2. The molecule has 0 atom stereocenters. The van der Waals surface area contributed by atoms with Crippen molar-refractivity contribution in [2.24, 2.45) is 0 Å². The van der Waals surface area contributed by atoms with E-state index in [1.807, 2.05) is 32.0 Å². The van der Waals surface area contributed by atoms with Crippen LogP contribution in [-0.4, -0.2) is 45.8 Å². The highest BCUT2D eigenvalue weighted by molar-refractivity contribution is 5.52. The van der Waals surface area contributed by atoms with Crippen LogP contribution in [0.4, 0.5) is 15.9 Å².